The Hall–Kier alpha value is -2.08. The van der Waals surface area contributed by atoms with Gasteiger partial charge in [-0.25, -0.2) is 4.79 Å². The number of carbonyl (C=O) groups excluding carboxylic acids is 2. The minimum atomic E-state index is -0.277. The number of likely N-dealkylation sites (N-methyl/N-ethyl adjacent to an activating group) is 1. The first-order chi connectivity index (χ1) is 10.6. The van der Waals surface area contributed by atoms with Crippen molar-refractivity contribution < 1.29 is 14.3 Å². The normalized spacial score (nSPS) is 20.0. The predicted octanol–water partition coefficient (Wildman–Crippen LogP) is 0.781. The third-order valence-electron chi connectivity index (χ3n) is 4.33. The van der Waals surface area contributed by atoms with E-state index in [0.29, 0.717) is 26.2 Å². The number of piperazine rings is 1. The fourth-order valence-electron chi connectivity index (χ4n) is 2.73. The number of amides is 2. The van der Waals surface area contributed by atoms with Crippen molar-refractivity contribution in [3.05, 3.63) is 35.9 Å². The molecule has 2 fully saturated rings. The van der Waals surface area contributed by atoms with Gasteiger partial charge in [-0.2, -0.15) is 0 Å². The lowest BCUT2D eigenvalue weighted by atomic mass is 10.1. The minimum absolute atomic E-state index is 0.149. The second-order valence-electron chi connectivity index (χ2n) is 5.88. The summed E-state index contributed by atoms with van der Waals surface area (Å²) < 4.78 is 5.30. The molecule has 118 valence electrons. The zero-order valence-corrected chi connectivity index (χ0v) is 12.8. The van der Waals surface area contributed by atoms with Crippen LogP contribution < -0.4 is 0 Å². The van der Waals surface area contributed by atoms with Crippen molar-refractivity contribution >= 4 is 12.0 Å². The first-order valence-corrected chi connectivity index (χ1v) is 7.57. The lowest BCUT2D eigenvalue weighted by Gasteiger charge is -2.46. The quantitative estimate of drug-likeness (QED) is 0.828. The summed E-state index contributed by atoms with van der Waals surface area (Å²) in [6, 6.07) is 9.93. The fraction of sp³-hybridized carbons (Fsp3) is 0.500. The van der Waals surface area contributed by atoms with Crippen LogP contribution in [-0.2, 0) is 16.1 Å². The number of hydrogen-bond donors (Lipinski definition) is 0. The standard InChI is InChI=1S/C16H21N3O3/c1-17-7-8-18(11-15(17)20)14-9-19(10-14)16(21)22-12-13-5-3-2-4-6-13/h2-6,14H,7-12H2,1H3. The van der Waals surface area contributed by atoms with Gasteiger partial charge in [0.15, 0.2) is 0 Å². The number of carbonyl (C=O) groups is 2. The summed E-state index contributed by atoms with van der Waals surface area (Å²) in [7, 11) is 1.83. The molecular formula is C16H21N3O3. The number of likely N-dealkylation sites (tertiary alicyclic amines) is 1. The zero-order chi connectivity index (χ0) is 15.5. The van der Waals surface area contributed by atoms with Crippen LogP contribution in [0.5, 0.6) is 0 Å². The van der Waals surface area contributed by atoms with Crippen LogP contribution in [0, 0.1) is 0 Å². The van der Waals surface area contributed by atoms with Gasteiger partial charge in [-0.15, -0.1) is 0 Å². The van der Waals surface area contributed by atoms with Gasteiger partial charge in [0.05, 0.1) is 6.54 Å². The first-order valence-electron chi connectivity index (χ1n) is 7.57. The van der Waals surface area contributed by atoms with Crippen molar-refractivity contribution in [1.82, 2.24) is 14.7 Å². The predicted molar refractivity (Wildman–Crippen MR) is 81.2 cm³/mol. The Morgan fingerprint density at radius 2 is 1.95 bits per heavy atom. The molecule has 2 heterocycles. The van der Waals surface area contributed by atoms with E-state index in [9.17, 15) is 9.59 Å². The molecule has 0 saturated carbocycles. The van der Waals surface area contributed by atoms with E-state index in [-0.39, 0.29) is 18.0 Å². The molecule has 0 spiro atoms. The maximum absolute atomic E-state index is 12.0. The molecule has 1 aromatic carbocycles. The van der Waals surface area contributed by atoms with E-state index in [4.69, 9.17) is 4.74 Å². The van der Waals surface area contributed by atoms with Crippen LogP contribution in [0.2, 0.25) is 0 Å². The Morgan fingerprint density at radius 1 is 1.23 bits per heavy atom. The number of benzene rings is 1. The van der Waals surface area contributed by atoms with E-state index < -0.39 is 0 Å². The van der Waals surface area contributed by atoms with Crippen molar-refractivity contribution in [2.75, 3.05) is 39.8 Å². The van der Waals surface area contributed by atoms with E-state index in [1.165, 1.54) is 0 Å². The third-order valence-corrected chi connectivity index (χ3v) is 4.33. The first kappa shape index (κ1) is 14.8. The molecule has 0 N–H and O–H groups in total. The van der Waals surface area contributed by atoms with Crippen molar-refractivity contribution in [2.45, 2.75) is 12.6 Å². The maximum Gasteiger partial charge on any atom is 0.410 e. The van der Waals surface area contributed by atoms with E-state index in [1.54, 1.807) is 9.80 Å². The summed E-state index contributed by atoms with van der Waals surface area (Å²) in [5, 5.41) is 0. The van der Waals surface area contributed by atoms with Crippen LogP contribution in [0.3, 0.4) is 0 Å². The highest BCUT2D eigenvalue weighted by atomic mass is 16.6. The summed E-state index contributed by atoms with van der Waals surface area (Å²) in [6.45, 7) is 3.67. The molecule has 3 rings (SSSR count). The van der Waals surface area contributed by atoms with Crippen LogP contribution in [0.4, 0.5) is 4.79 Å². The highest BCUT2D eigenvalue weighted by Crippen LogP contribution is 2.18. The molecular weight excluding hydrogens is 282 g/mol. The van der Waals surface area contributed by atoms with E-state index in [1.807, 2.05) is 37.4 Å². The molecule has 22 heavy (non-hydrogen) atoms. The van der Waals surface area contributed by atoms with E-state index in [2.05, 4.69) is 4.90 Å². The monoisotopic (exact) mass is 303 g/mol. The van der Waals surface area contributed by atoms with Gasteiger partial charge in [-0.3, -0.25) is 9.69 Å². The lowest BCUT2D eigenvalue weighted by molar-refractivity contribution is -0.136. The summed E-state index contributed by atoms with van der Waals surface area (Å²) in [6.07, 6.45) is -0.277. The van der Waals surface area contributed by atoms with Crippen molar-refractivity contribution in [3.8, 4) is 0 Å². The third kappa shape index (κ3) is 3.22. The van der Waals surface area contributed by atoms with Gasteiger partial charge in [0.2, 0.25) is 5.91 Å². The molecule has 0 radical (unpaired) electrons. The maximum atomic E-state index is 12.0. The Morgan fingerprint density at radius 3 is 2.64 bits per heavy atom. The van der Waals surface area contributed by atoms with Gasteiger partial charge in [0.25, 0.3) is 0 Å². The van der Waals surface area contributed by atoms with Crippen molar-refractivity contribution in [1.29, 1.82) is 0 Å². The van der Waals surface area contributed by atoms with Gasteiger partial charge in [0, 0.05) is 39.3 Å². The average Bonchev–Trinajstić information content (AvgIpc) is 2.48. The van der Waals surface area contributed by atoms with E-state index in [0.717, 1.165) is 18.7 Å². The molecule has 0 bridgehead atoms. The smallest absolute Gasteiger partial charge is 0.410 e. The van der Waals surface area contributed by atoms with Crippen molar-refractivity contribution in [2.24, 2.45) is 0 Å². The van der Waals surface area contributed by atoms with Gasteiger partial charge in [0.1, 0.15) is 6.61 Å². The molecule has 0 atom stereocenters. The minimum Gasteiger partial charge on any atom is -0.445 e. The summed E-state index contributed by atoms with van der Waals surface area (Å²) in [5.74, 6) is 0.149. The molecule has 2 aliphatic heterocycles. The van der Waals surface area contributed by atoms with Crippen molar-refractivity contribution in [3.63, 3.8) is 0 Å². The van der Waals surface area contributed by atoms with Gasteiger partial charge in [-0.1, -0.05) is 30.3 Å². The van der Waals surface area contributed by atoms with Crippen LogP contribution >= 0.6 is 0 Å². The molecule has 0 aliphatic carbocycles. The molecule has 0 aromatic heterocycles. The molecule has 6 heteroatoms. The number of rotatable bonds is 3. The molecule has 1 aromatic rings. The molecule has 6 nitrogen and oxygen atoms in total. The highest BCUT2D eigenvalue weighted by molar-refractivity contribution is 5.78. The van der Waals surface area contributed by atoms with E-state index >= 15 is 0 Å². The average molecular weight is 303 g/mol. The summed E-state index contributed by atoms with van der Waals surface area (Å²) in [4.78, 5) is 29.3. The Bertz CT molecular complexity index is 543. The Labute approximate surface area is 130 Å². The Balaban J connectivity index is 1.41. The summed E-state index contributed by atoms with van der Waals surface area (Å²) in [5.41, 5.74) is 0.984. The van der Waals surface area contributed by atoms with Crippen LogP contribution in [-0.4, -0.2) is 72.5 Å². The second kappa shape index (κ2) is 6.36. The fourth-order valence-corrected chi connectivity index (χ4v) is 2.73. The lowest BCUT2D eigenvalue weighted by Crippen LogP contribution is -2.64. The SMILES string of the molecule is CN1CCN(C2CN(C(=O)OCc3ccccc3)C2)CC1=O. The molecule has 2 amide bonds. The van der Waals surface area contributed by atoms with Gasteiger partial charge in [-0.05, 0) is 5.56 Å². The molecule has 0 unspecified atom stereocenters. The van der Waals surface area contributed by atoms with Crippen LogP contribution in [0.1, 0.15) is 5.56 Å². The Kier molecular flexibility index (Phi) is 4.29. The van der Waals surface area contributed by atoms with Gasteiger partial charge >= 0.3 is 6.09 Å². The van der Waals surface area contributed by atoms with Crippen LogP contribution in [0.15, 0.2) is 30.3 Å². The second-order valence-corrected chi connectivity index (χ2v) is 5.88. The zero-order valence-electron chi connectivity index (χ0n) is 12.8. The molecule has 2 aliphatic rings. The van der Waals surface area contributed by atoms with Gasteiger partial charge < -0.3 is 14.5 Å². The largest absolute Gasteiger partial charge is 0.445 e. The molecule has 2 saturated heterocycles. The number of nitrogens with zero attached hydrogens (tertiary/aromatic N) is 3. The number of ether oxygens (including phenoxy) is 1. The number of hydrogen-bond acceptors (Lipinski definition) is 4. The summed E-state index contributed by atoms with van der Waals surface area (Å²) >= 11 is 0. The van der Waals surface area contributed by atoms with Crippen LogP contribution in [0.25, 0.3) is 0 Å². The topological polar surface area (TPSA) is 53.1 Å². The highest BCUT2D eigenvalue weighted by Gasteiger charge is 2.38.